The second kappa shape index (κ2) is 8.71. The Kier molecular flexibility index (Phi) is 6.26. The van der Waals surface area contributed by atoms with E-state index in [2.05, 4.69) is 10.4 Å². The molecule has 30 heavy (non-hydrogen) atoms. The highest BCUT2D eigenvalue weighted by molar-refractivity contribution is 6.32. The van der Waals surface area contributed by atoms with Crippen molar-refractivity contribution in [2.75, 3.05) is 5.32 Å². The zero-order valence-electron chi connectivity index (χ0n) is 17.1. The lowest BCUT2D eigenvalue weighted by Crippen LogP contribution is -2.10. The maximum absolute atomic E-state index is 12.6. The van der Waals surface area contributed by atoms with Gasteiger partial charge in [-0.1, -0.05) is 25.4 Å². The van der Waals surface area contributed by atoms with Crippen molar-refractivity contribution >= 4 is 40.1 Å². The summed E-state index contributed by atoms with van der Waals surface area (Å²) in [5.74, 6) is -0.557. The van der Waals surface area contributed by atoms with Gasteiger partial charge < -0.3 is 14.5 Å². The van der Waals surface area contributed by atoms with Gasteiger partial charge in [0.15, 0.2) is 0 Å². The van der Waals surface area contributed by atoms with E-state index in [0.29, 0.717) is 34.8 Å². The molecule has 0 spiro atoms. The van der Waals surface area contributed by atoms with Crippen molar-refractivity contribution < 1.29 is 18.7 Å². The van der Waals surface area contributed by atoms with Crippen LogP contribution < -0.4 is 10.9 Å². The van der Waals surface area contributed by atoms with Crippen LogP contribution in [0.15, 0.2) is 33.5 Å². The highest BCUT2D eigenvalue weighted by atomic mass is 35.5. The molecule has 1 amide bonds. The van der Waals surface area contributed by atoms with Gasteiger partial charge in [-0.05, 0) is 25.0 Å². The quantitative estimate of drug-likeness (QED) is 0.468. The summed E-state index contributed by atoms with van der Waals surface area (Å²) >= 11 is 6.33. The molecule has 0 atom stereocenters. The summed E-state index contributed by atoms with van der Waals surface area (Å²) in [6.45, 7) is 7.55. The number of anilines is 1. The fourth-order valence-corrected chi connectivity index (χ4v) is 3.42. The highest BCUT2D eigenvalue weighted by Crippen LogP contribution is 2.25. The van der Waals surface area contributed by atoms with Gasteiger partial charge >= 0.3 is 11.6 Å². The van der Waals surface area contributed by atoms with E-state index in [1.165, 1.54) is 13.0 Å². The summed E-state index contributed by atoms with van der Waals surface area (Å²) in [6.07, 6.45) is 0. The molecule has 0 saturated carbocycles. The Morgan fingerprint density at radius 2 is 2.03 bits per heavy atom. The molecule has 0 fully saturated rings. The molecule has 158 valence electrons. The number of carbonyl (C=O) groups excluding carboxylic acids is 2. The average Bonchev–Trinajstić information content (AvgIpc) is 2.91. The SMILES string of the molecule is CC(=O)Nc1ccc2c(COC(=O)c3c(C)nn(CC(C)C)c3Cl)cc(=O)oc2c1. The number of hydrogen-bond donors (Lipinski definition) is 1. The number of ether oxygens (including phenoxy) is 1. The van der Waals surface area contributed by atoms with Gasteiger partial charge in [0.1, 0.15) is 22.9 Å². The molecule has 0 aliphatic heterocycles. The fourth-order valence-electron chi connectivity index (χ4n) is 3.10. The predicted molar refractivity (Wildman–Crippen MR) is 113 cm³/mol. The summed E-state index contributed by atoms with van der Waals surface area (Å²) in [6, 6.07) is 6.17. The fraction of sp³-hybridized carbons (Fsp3) is 0.333. The Morgan fingerprint density at radius 3 is 2.70 bits per heavy atom. The number of nitrogens with zero attached hydrogens (tertiary/aromatic N) is 2. The average molecular weight is 432 g/mol. The van der Waals surface area contributed by atoms with Gasteiger partial charge in [-0.3, -0.25) is 9.48 Å². The summed E-state index contributed by atoms with van der Waals surface area (Å²) in [4.78, 5) is 35.8. The zero-order chi connectivity index (χ0) is 22.0. The van der Waals surface area contributed by atoms with Crippen LogP contribution in [0.3, 0.4) is 0 Å². The lowest BCUT2D eigenvalue weighted by atomic mass is 10.1. The number of benzene rings is 1. The second-order valence-corrected chi connectivity index (χ2v) is 7.74. The van der Waals surface area contributed by atoms with E-state index < -0.39 is 11.6 Å². The topological polar surface area (TPSA) is 103 Å². The van der Waals surface area contributed by atoms with Gasteiger partial charge in [0, 0.05) is 42.2 Å². The van der Waals surface area contributed by atoms with Gasteiger partial charge in [-0.15, -0.1) is 0 Å². The van der Waals surface area contributed by atoms with Crippen molar-refractivity contribution in [2.45, 2.75) is 40.8 Å². The lowest BCUT2D eigenvalue weighted by Gasteiger charge is -2.09. The third-order valence-corrected chi connectivity index (χ3v) is 4.70. The minimum Gasteiger partial charge on any atom is -0.457 e. The van der Waals surface area contributed by atoms with Crippen LogP contribution in [0.5, 0.6) is 0 Å². The molecule has 0 saturated heterocycles. The highest BCUT2D eigenvalue weighted by Gasteiger charge is 2.22. The summed E-state index contributed by atoms with van der Waals surface area (Å²) in [5.41, 5.74) is 1.34. The van der Waals surface area contributed by atoms with E-state index in [1.54, 1.807) is 29.8 Å². The third kappa shape index (κ3) is 4.71. The number of aromatic nitrogens is 2. The molecule has 1 aromatic carbocycles. The molecule has 2 aromatic heterocycles. The first-order valence-corrected chi connectivity index (χ1v) is 9.78. The molecule has 0 aliphatic carbocycles. The van der Waals surface area contributed by atoms with Gasteiger partial charge in [0.2, 0.25) is 5.91 Å². The Balaban J connectivity index is 1.85. The summed E-state index contributed by atoms with van der Waals surface area (Å²) < 4.78 is 12.2. The van der Waals surface area contributed by atoms with Crippen molar-refractivity contribution in [3.05, 3.63) is 56.7 Å². The monoisotopic (exact) mass is 431 g/mol. The molecule has 0 unspecified atom stereocenters. The largest absolute Gasteiger partial charge is 0.457 e. The van der Waals surface area contributed by atoms with E-state index in [9.17, 15) is 14.4 Å². The summed E-state index contributed by atoms with van der Waals surface area (Å²) in [5, 5.41) is 7.75. The van der Waals surface area contributed by atoms with Crippen molar-refractivity contribution in [1.29, 1.82) is 0 Å². The molecule has 0 radical (unpaired) electrons. The maximum atomic E-state index is 12.6. The smallest absolute Gasteiger partial charge is 0.343 e. The predicted octanol–water partition coefficient (Wildman–Crippen LogP) is 3.92. The number of halogens is 1. The minimum absolute atomic E-state index is 0.147. The van der Waals surface area contributed by atoms with Crippen LogP contribution in [0.2, 0.25) is 5.15 Å². The molecule has 0 bridgehead atoms. The Bertz CT molecular complexity index is 1180. The Labute approximate surface area is 177 Å². The van der Waals surface area contributed by atoms with Gasteiger partial charge in [-0.25, -0.2) is 9.59 Å². The van der Waals surface area contributed by atoms with Crippen LogP contribution in [-0.4, -0.2) is 21.7 Å². The number of esters is 1. The van der Waals surface area contributed by atoms with Crippen LogP contribution in [0, 0.1) is 12.8 Å². The van der Waals surface area contributed by atoms with Crippen molar-refractivity contribution in [2.24, 2.45) is 5.92 Å². The molecular weight excluding hydrogens is 410 g/mol. The molecule has 9 heteroatoms. The van der Waals surface area contributed by atoms with Crippen molar-refractivity contribution in [3.8, 4) is 0 Å². The zero-order valence-corrected chi connectivity index (χ0v) is 17.9. The summed E-state index contributed by atoms with van der Waals surface area (Å²) in [7, 11) is 0. The van der Waals surface area contributed by atoms with Gasteiger partial charge in [0.05, 0.1) is 5.69 Å². The number of rotatable bonds is 6. The molecule has 3 aromatic rings. The normalized spacial score (nSPS) is 11.1. The van der Waals surface area contributed by atoms with E-state index >= 15 is 0 Å². The van der Waals surface area contributed by atoms with E-state index in [0.717, 1.165) is 0 Å². The van der Waals surface area contributed by atoms with Gasteiger partial charge in [0.25, 0.3) is 0 Å². The number of hydrogen-bond acceptors (Lipinski definition) is 6. The lowest BCUT2D eigenvalue weighted by molar-refractivity contribution is -0.114. The van der Waals surface area contributed by atoms with Crippen LogP contribution in [0.1, 0.15) is 42.4 Å². The molecule has 2 heterocycles. The Hall–Kier alpha value is -3.13. The second-order valence-electron chi connectivity index (χ2n) is 7.39. The molecule has 8 nitrogen and oxygen atoms in total. The van der Waals surface area contributed by atoms with Crippen LogP contribution in [0.4, 0.5) is 5.69 Å². The van der Waals surface area contributed by atoms with E-state index in [1.807, 2.05) is 13.8 Å². The first kappa shape index (κ1) is 21.6. The van der Waals surface area contributed by atoms with Crippen molar-refractivity contribution in [1.82, 2.24) is 9.78 Å². The van der Waals surface area contributed by atoms with Gasteiger partial charge in [-0.2, -0.15) is 5.10 Å². The van der Waals surface area contributed by atoms with Crippen molar-refractivity contribution in [3.63, 3.8) is 0 Å². The van der Waals surface area contributed by atoms with Crippen LogP contribution in [-0.2, 0) is 22.7 Å². The number of fused-ring (bicyclic) bond motifs is 1. The molecule has 1 N–H and O–H groups in total. The standard InChI is InChI=1S/C21H22ClN3O5/c1-11(2)9-25-20(22)19(12(3)24-25)21(28)29-10-14-7-18(27)30-17-8-15(23-13(4)26)5-6-16(14)17/h5-8,11H,9-10H2,1-4H3,(H,23,26). The number of carbonyl (C=O) groups is 2. The third-order valence-electron chi connectivity index (χ3n) is 4.32. The number of amides is 1. The van der Waals surface area contributed by atoms with Crippen LogP contribution >= 0.6 is 11.6 Å². The molecular formula is C21H22ClN3O5. The van der Waals surface area contributed by atoms with E-state index in [4.69, 9.17) is 20.8 Å². The maximum Gasteiger partial charge on any atom is 0.343 e. The minimum atomic E-state index is -0.622. The number of aryl methyl sites for hydroxylation is 1. The first-order valence-electron chi connectivity index (χ1n) is 9.40. The first-order chi connectivity index (χ1) is 14.2. The molecule has 3 rings (SSSR count). The van der Waals surface area contributed by atoms with E-state index in [-0.39, 0.29) is 28.8 Å². The molecule has 0 aliphatic rings. The Morgan fingerprint density at radius 1 is 1.30 bits per heavy atom. The van der Waals surface area contributed by atoms with Crippen LogP contribution in [0.25, 0.3) is 11.0 Å². The number of nitrogens with one attached hydrogen (secondary N) is 1.